The van der Waals surface area contributed by atoms with E-state index in [0.29, 0.717) is 10.7 Å². The van der Waals surface area contributed by atoms with Crippen molar-refractivity contribution < 1.29 is 19.4 Å². The molecule has 2 aromatic rings. The minimum atomic E-state index is -0.324. The molecule has 1 saturated heterocycles. The number of hydrogen-bond acceptors (Lipinski definition) is 5. The van der Waals surface area contributed by atoms with Crippen LogP contribution >= 0.6 is 11.8 Å². The van der Waals surface area contributed by atoms with Crippen LogP contribution in [0.3, 0.4) is 0 Å². The Bertz CT molecular complexity index is 771. The molecule has 0 spiro atoms. The Hall–Kier alpha value is -2.73. The molecule has 6 heteroatoms. The number of phenols is 1. The van der Waals surface area contributed by atoms with E-state index in [0.717, 1.165) is 17.3 Å². The first kappa shape index (κ1) is 16.1. The Labute approximate surface area is 143 Å². The van der Waals surface area contributed by atoms with E-state index in [2.05, 4.69) is 0 Å². The molecule has 0 unspecified atom stereocenters. The Morgan fingerprint density at radius 2 is 1.75 bits per heavy atom. The summed E-state index contributed by atoms with van der Waals surface area (Å²) in [5, 5.41) is 8.97. The smallest absolute Gasteiger partial charge is 0.293 e. The van der Waals surface area contributed by atoms with Crippen molar-refractivity contribution in [1.82, 2.24) is 4.90 Å². The van der Waals surface area contributed by atoms with Gasteiger partial charge in [-0.05, 0) is 47.7 Å². The van der Waals surface area contributed by atoms with Gasteiger partial charge in [-0.1, -0.05) is 30.3 Å². The first-order valence-corrected chi connectivity index (χ1v) is 8.17. The summed E-state index contributed by atoms with van der Waals surface area (Å²) in [6.45, 7) is 0.445. The fourth-order valence-corrected chi connectivity index (χ4v) is 3.05. The number of carbonyl (C=O) groups excluding carboxylic acids is 2. The van der Waals surface area contributed by atoms with Gasteiger partial charge >= 0.3 is 0 Å². The number of hydrogen-bond donors (Lipinski definition) is 1. The molecule has 1 aliphatic heterocycles. The Balaban J connectivity index is 1.62. The Morgan fingerprint density at radius 1 is 1.04 bits per heavy atom. The number of amides is 2. The number of thioether (sulfide) groups is 1. The molecule has 1 fully saturated rings. The highest BCUT2D eigenvalue weighted by Crippen LogP contribution is 2.32. The van der Waals surface area contributed by atoms with E-state index in [1.54, 1.807) is 18.2 Å². The maximum absolute atomic E-state index is 12.3. The molecule has 1 heterocycles. The Kier molecular flexibility index (Phi) is 4.86. The third-order valence-corrected chi connectivity index (χ3v) is 4.30. The lowest BCUT2D eigenvalue weighted by molar-refractivity contribution is -0.123. The van der Waals surface area contributed by atoms with E-state index in [-0.39, 0.29) is 30.0 Å². The molecule has 0 radical (unpaired) electrons. The van der Waals surface area contributed by atoms with Crippen LogP contribution in [0.2, 0.25) is 0 Å². The lowest BCUT2D eigenvalue weighted by atomic mass is 10.2. The second kappa shape index (κ2) is 7.23. The molecule has 0 atom stereocenters. The molecule has 24 heavy (non-hydrogen) atoms. The quantitative estimate of drug-likeness (QED) is 0.843. The lowest BCUT2D eigenvalue weighted by Crippen LogP contribution is -2.32. The van der Waals surface area contributed by atoms with Gasteiger partial charge in [-0.15, -0.1) is 0 Å². The lowest BCUT2D eigenvalue weighted by Gasteiger charge is -2.13. The highest BCUT2D eigenvalue weighted by molar-refractivity contribution is 8.18. The number of aromatic hydroxyl groups is 1. The van der Waals surface area contributed by atoms with Gasteiger partial charge in [0.25, 0.3) is 11.1 Å². The zero-order chi connectivity index (χ0) is 16.9. The van der Waals surface area contributed by atoms with Gasteiger partial charge in [0.15, 0.2) is 0 Å². The van der Waals surface area contributed by atoms with Crippen molar-refractivity contribution in [1.29, 1.82) is 0 Å². The number of nitrogens with zero attached hydrogens (tertiary/aromatic N) is 1. The van der Waals surface area contributed by atoms with Crippen LogP contribution in [-0.4, -0.2) is 34.3 Å². The van der Waals surface area contributed by atoms with E-state index in [1.165, 1.54) is 17.0 Å². The van der Waals surface area contributed by atoms with Crippen molar-refractivity contribution in [3.63, 3.8) is 0 Å². The standard InChI is InChI=1S/C18H15NO4S/c20-14-8-6-13(7-9-14)12-16-17(21)19(18(22)24-16)10-11-23-15-4-2-1-3-5-15/h1-9,12,20H,10-11H2/b16-12-. The van der Waals surface area contributed by atoms with E-state index in [9.17, 15) is 14.7 Å². The van der Waals surface area contributed by atoms with Gasteiger partial charge in [0.1, 0.15) is 18.1 Å². The van der Waals surface area contributed by atoms with E-state index >= 15 is 0 Å². The third kappa shape index (κ3) is 3.78. The van der Waals surface area contributed by atoms with Gasteiger partial charge in [-0.3, -0.25) is 14.5 Å². The molecule has 3 rings (SSSR count). The second-order valence-electron chi connectivity index (χ2n) is 5.09. The predicted molar refractivity (Wildman–Crippen MR) is 92.7 cm³/mol. The molecule has 0 saturated carbocycles. The summed E-state index contributed by atoms with van der Waals surface area (Å²) < 4.78 is 5.53. The largest absolute Gasteiger partial charge is 0.508 e. The highest BCUT2D eigenvalue weighted by Gasteiger charge is 2.34. The molecule has 1 N–H and O–H groups in total. The van der Waals surface area contributed by atoms with Gasteiger partial charge in [0.2, 0.25) is 0 Å². The molecule has 2 aromatic carbocycles. The minimum Gasteiger partial charge on any atom is -0.508 e. The van der Waals surface area contributed by atoms with Gasteiger partial charge in [-0.25, -0.2) is 0 Å². The van der Waals surface area contributed by atoms with Crippen molar-refractivity contribution in [2.45, 2.75) is 0 Å². The SMILES string of the molecule is O=C1S/C(=C\c2ccc(O)cc2)C(=O)N1CCOc1ccccc1. The maximum atomic E-state index is 12.3. The van der Waals surface area contributed by atoms with Crippen molar-refractivity contribution in [2.24, 2.45) is 0 Å². The molecule has 0 bridgehead atoms. The second-order valence-corrected chi connectivity index (χ2v) is 6.08. The van der Waals surface area contributed by atoms with Crippen LogP contribution in [0.25, 0.3) is 6.08 Å². The molecular weight excluding hydrogens is 326 g/mol. The molecule has 5 nitrogen and oxygen atoms in total. The number of benzene rings is 2. The van der Waals surface area contributed by atoms with Crippen molar-refractivity contribution in [3.8, 4) is 11.5 Å². The normalized spacial score (nSPS) is 16.0. The number of carbonyl (C=O) groups is 2. The fraction of sp³-hybridized carbons (Fsp3) is 0.111. The topological polar surface area (TPSA) is 66.8 Å². The van der Waals surface area contributed by atoms with Crippen LogP contribution in [0.4, 0.5) is 4.79 Å². The van der Waals surface area contributed by atoms with E-state index in [4.69, 9.17) is 4.74 Å². The minimum absolute atomic E-state index is 0.151. The summed E-state index contributed by atoms with van der Waals surface area (Å²) in [5.41, 5.74) is 0.749. The van der Waals surface area contributed by atoms with Crippen molar-refractivity contribution >= 4 is 29.0 Å². The zero-order valence-corrected chi connectivity index (χ0v) is 13.5. The number of phenolic OH excluding ortho intramolecular Hbond substituents is 1. The van der Waals surface area contributed by atoms with Crippen LogP contribution < -0.4 is 4.74 Å². The zero-order valence-electron chi connectivity index (χ0n) is 12.7. The number of rotatable bonds is 5. The van der Waals surface area contributed by atoms with Gasteiger partial charge in [0.05, 0.1) is 11.4 Å². The molecule has 122 valence electrons. The van der Waals surface area contributed by atoms with Crippen molar-refractivity contribution in [3.05, 3.63) is 65.1 Å². The fourth-order valence-electron chi connectivity index (χ4n) is 2.19. The molecule has 0 aliphatic carbocycles. The Morgan fingerprint density at radius 3 is 2.46 bits per heavy atom. The number of para-hydroxylation sites is 1. The van der Waals surface area contributed by atoms with Gasteiger partial charge in [0, 0.05) is 0 Å². The van der Waals surface area contributed by atoms with Gasteiger partial charge in [-0.2, -0.15) is 0 Å². The van der Waals surface area contributed by atoms with Crippen LogP contribution in [0.1, 0.15) is 5.56 Å². The molecule has 0 aromatic heterocycles. The van der Waals surface area contributed by atoms with Crippen LogP contribution in [0.15, 0.2) is 59.5 Å². The first-order valence-electron chi connectivity index (χ1n) is 7.36. The predicted octanol–water partition coefficient (Wildman–Crippen LogP) is 3.51. The molecule has 1 aliphatic rings. The highest BCUT2D eigenvalue weighted by atomic mass is 32.2. The van der Waals surface area contributed by atoms with Crippen LogP contribution in [-0.2, 0) is 4.79 Å². The van der Waals surface area contributed by atoms with Crippen LogP contribution in [0.5, 0.6) is 11.5 Å². The van der Waals surface area contributed by atoms with Crippen LogP contribution in [0, 0.1) is 0 Å². The molecule has 2 amide bonds. The number of imide groups is 1. The number of ether oxygens (including phenoxy) is 1. The summed E-state index contributed by atoms with van der Waals surface area (Å²) in [5.74, 6) is 0.525. The monoisotopic (exact) mass is 341 g/mol. The van der Waals surface area contributed by atoms with Gasteiger partial charge < -0.3 is 9.84 Å². The summed E-state index contributed by atoms with van der Waals surface area (Å²) >= 11 is 0.908. The summed E-state index contributed by atoms with van der Waals surface area (Å²) in [4.78, 5) is 25.9. The molecular formula is C18H15NO4S. The maximum Gasteiger partial charge on any atom is 0.293 e. The first-order chi connectivity index (χ1) is 11.6. The van der Waals surface area contributed by atoms with E-state index < -0.39 is 0 Å². The van der Waals surface area contributed by atoms with E-state index in [1.807, 2.05) is 30.3 Å². The average molecular weight is 341 g/mol. The van der Waals surface area contributed by atoms with Crippen molar-refractivity contribution in [2.75, 3.05) is 13.2 Å². The third-order valence-electron chi connectivity index (χ3n) is 3.39. The average Bonchev–Trinajstić information content (AvgIpc) is 2.85. The summed E-state index contributed by atoms with van der Waals surface area (Å²) in [6, 6.07) is 15.7. The summed E-state index contributed by atoms with van der Waals surface area (Å²) in [6.07, 6.45) is 1.64. The summed E-state index contributed by atoms with van der Waals surface area (Å²) in [7, 11) is 0.